The molecular formula is C8H14O2. The Bertz CT molecular complexity index is 95.4. The van der Waals surface area contributed by atoms with Gasteiger partial charge in [-0.25, -0.2) is 0 Å². The van der Waals surface area contributed by atoms with Crippen LogP contribution in [0.15, 0.2) is 12.7 Å². The number of ether oxygens (including phenoxy) is 2. The van der Waals surface area contributed by atoms with E-state index < -0.39 is 0 Å². The molecule has 1 aliphatic heterocycles. The van der Waals surface area contributed by atoms with Gasteiger partial charge >= 0.3 is 0 Å². The summed E-state index contributed by atoms with van der Waals surface area (Å²) < 4.78 is 10.6. The van der Waals surface area contributed by atoms with E-state index in [2.05, 4.69) is 6.58 Å². The Morgan fingerprint density at radius 2 is 2.50 bits per heavy atom. The quantitative estimate of drug-likeness (QED) is 0.558. The van der Waals surface area contributed by atoms with Crippen molar-refractivity contribution in [3.63, 3.8) is 0 Å². The molecule has 1 rings (SSSR count). The smallest absolute Gasteiger partial charge is 0.157 e. The van der Waals surface area contributed by atoms with Gasteiger partial charge in [0.05, 0.1) is 6.61 Å². The van der Waals surface area contributed by atoms with Gasteiger partial charge in [0.2, 0.25) is 0 Å². The van der Waals surface area contributed by atoms with E-state index in [0.29, 0.717) is 6.61 Å². The molecule has 0 saturated carbocycles. The van der Waals surface area contributed by atoms with Crippen LogP contribution in [-0.2, 0) is 9.47 Å². The van der Waals surface area contributed by atoms with Gasteiger partial charge < -0.3 is 9.47 Å². The van der Waals surface area contributed by atoms with Crippen molar-refractivity contribution in [1.29, 1.82) is 0 Å². The third-order valence-electron chi connectivity index (χ3n) is 1.54. The molecule has 0 spiro atoms. The average molecular weight is 142 g/mol. The summed E-state index contributed by atoms with van der Waals surface area (Å²) in [7, 11) is 0. The van der Waals surface area contributed by atoms with Crippen molar-refractivity contribution in [1.82, 2.24) is 0 Å². The maximum atomic E-state index is 5.31. The summed E-state index contributed by atoms with van der Waals surface area (Å²) in [6.45, 7) is 5.02. The lowest BCUT2D eigenvalue weighted by atomic mass is 10.2. The Morgan fingerprint density at radius 1 is 1.60 bits per heavy atom. The summed E-state index contributed by atoms with van der Waals surface area (Å²) in [4.78, 5) is 0. The van der Waals surface area contributed by atoms with Gasteiger partial charge in [-0.1, -0.05) is 6.08 Å². The van der Waals surface area contributed by atoms with Crippen molar-refractivity contribution in [2.45, 2.75) is 25.6 Å². The van der Waals surface area contributed by atoms with Gasteiger partial charge in [0.1, 0.15) is 0 Å². The van der Waals surface area contributed by atoms with E-state index >= 15 is 0 Å². The molecule has 0 radical (unpaired) electrons. The molecule has 0 aromatic heterocycles. The monoisotopic (exact) mass is 142 g/mol. The van der Waals surface area contributed by atoms with Crippen molar-refractivity contribution in [2.75, 3.05) is 13.2 Å². The summed E-state index contributed by atoms with van der Waals surface area (Å²) in [5.41, 5.74) is 0. The van der Waals surface area contributed by atoms with Crippen molar-refractivity contribution in [3.05, 3.63) is 12.7 Å². The molecule has 0 aromatic carbocycles. The fourth-order valence-corrected chi connectivity index (χ4v) is 1.02. The van der Waals surface area contributed by atoms with Crippen molar-refractivity contribution >= 4 is 0 Å². The third-order valence-corrected chi connectivity index (χ3v) is 1.54. The highest BCUT2D eigenvalue weighted by Crippen LogP contribution is 2.13. The maximum absolute atomic E-state index is 5.31. The first-order chi connectivity index (χ1) is 4.93. The second-order valence-corrected chi connectivity index (χ2v) is 2.42. The van der Waals surface area contributed by atoms with E-state index in [9.17, 15) is 0 Å². The molecule has 10 heavy (non-hydrogen) atoms. The zero-order chi connectivity index (χ0) is 7.23. The highest BCUT2D eigenvalue weighted by atomic mass is 16.7. The Labute approximate surface area is 61.8 Å². The highest BCUT2D eigenvalue weighted by Gasteiger charge is 2.12. The van der Waals surface area contributed by atoms with Gasteiger partial charge in [-0.3, -0.25) is 0 Å². The van der Waals surface area contributed by atoms with Crippen LogP contribution < -0.4 is 0 Å². The van der Waals surface area contributed by atoms with Crippen LogP contribution in [-0.4, -0.2) is 19.5 Å². The molecular weight excluding hydrogens is 128 g/mol. The van der Waals surface area contributed by atoms with Gasteiger partial charge in [0.15, 0.2) is 6.29 Å². The van der Waals surface area contributed by atoms with E-state index in [1.807, 2.05) is 0 Å². The first-order valence-corrected chi connectivity index (χ1v) is 3.77. The van der Waals surface area contributed by atoms with Crippen LogP contribution >= 0.6 is 0 Å². The van der Waals surface area contributed by atoms with Crippen LogP contribution in [0.5, 0.6) is 0 Å². The standard InChI is InChI=1S/C8H14O2/c1-2-6-9-8-5-3-4-7-10-8/h2,8H,1,3-7H2/t8-/m0/s1. The van der Waals surface area contributed by atoms with Crippen molar-refractivity contribution in [3.8, 4) is 0 Å². The number of rotatable bonds is 3. The number of hydrogen-bond donors (Lipinski definition) is 0. The van der Waals surface area contributed by atoms with Crippen LogP contribution in [0, 0.1) is 0 Å². The molecule has 1 aliphatic rings. The fourth-order valence-electron chi connectivity index (χ4n) is 1.02. The SMILES string of the molecule is C=CCO[C@@H]1CCCCO1. The van der Waals surface area contributed by atoms with Crippen molar-refractivity contribution < 1.29 is 9.47 Å². The molecule has 0 aromatic rings. The minimum atomic E-state index is 0.0340. The largest absolute Gasteiger partial charge is 0.353 e. The third kappa shape index (κ3) is 2.50. The van der Waals surface area contributed by atoms with E-state index in [1.54, 1.807) is 6.08 Å². The zero-order valence-corrected chi connectivity index (χ0v) is 6.21. The van der Waals surface area contributed by atoms with E-state index in [-0.39, 0.29) is 6.29 Å². The summed E-state index contributed by atoms with van der Waals surface area (Å²) >= 11 is 0. The van der Waals surface area contributed by atoms with Gasteiger partial charge in [0.25, 0.3) is 0 Å². The first kappa shape index (κ1) is 7.76. The molecule has 0 bridgehead atoms. The molecule has 1 saturated heterocycles. The summed E-state index contributed by atoms with van der Waals surface area (Å²) in [5, 5.41) is 0. The summed E-state index contributed by atoms with van der Waals surface area (Å²) in [6, 6.07) is 0. The van der Waals surface area contributed by atoms with E-state index in [0.717, 1.165) is 13.0 Å². The van der Waals surface area contributed by atoms with Crippen LogP contribution in [0.3, 0.4) is 0 Å². The zero-order valence-electron chi connectivity index (χ0n) is 6.21. The first-order valence-electron chi connectivity index (χ1n) is 3.77. The topological polar surface area (TPSA) is 18.5 Å². The van der Waals surface area contributed by atoms with E-state index in [4.69, 9.17) is 9.47 Å². The lowest BCUT2D eigenvalue weighted by molar-refractivity contribution is -0.155. The Hall–Kier alpha value is -0.340. The molecule has 0 aliphatic carbocycles. The molecule has 2 heteroatoms. The van der Waals surface area contributed by atoms with Gasteiger partial charge in [-0.05, 0) is 19.3 Å². The predicted octanol–water partition coefficient (Wildman–Crippen LogP) is 1.72. The second-order valence-electron chi connectivity index (χ2n) is 2.42. The Balaban J connectivity index is 2.07. The van der Waals surface area contributed by atoms with Crippen LogP contribution in [0.25, 0.3) is 0 Å². The van der Waals surface area contributed by atoms with Crippen molar-refractivity contribution in [2.24, 2.45) is 0 Å². The lowest BCUT2D eigenvalue weighted by Gasteiger charge is -2.21. The minimum Gasteiger partial charge on any atom is -0.353 e. The molecule has 58 valence electrons. The second kappa shape index (κ2) is 4.47. The molecule has 1 heterocycles. The highest BCUT2D eigenvalue weighted by molar-refractivity contribution is 4.65. The van der Waals surface area contributed by atoms with Crippen LogP contribution in [0.2, 0.25) is 0 Å². The minimum absolute atomic E-state index is 0.0340. The van der Waals surface area contributed by atoms with Gasteiger partial charge in [-0.15, -0.1) is 6.58 Å². The van der Waals surface area contributed by atoms with Crippen LogP contribution in [0.1, 0.15) is 19.3 Å². The Kier molecular flexibility index (Phi) is 3.47. The fraction of sp³-hybridized carbons (Fsp3) is 0.750. The van der Waals surface area contributed by atoms with Crippen LogP contribution in [0.4, 0.5) is 0 Å². The average Bonchev–Trinajstić information content (AvgIpc) is 2.03. The molecule has 0 amide bonds. The molecule has 0 unspecified atom stereocenters. The predicted molar refractivity (Wildman–Crippen MR) is 39.7 cm³/mol. The Morgan fingerprint density at radius 3 is 3.10 bits per heavy atom. The lowest BCUT2D eigenvalue weighted by Crippen LogP contribution is -2.22. The summed E-state index contributed by atoms with van der Waals surface area (Å²) in [5.74, 6) is 0. The molecule has 1 atom stereocenters. The van der Waals surface area contributed by atoms with Gasteiger partial charge in [-0.2, -0.15) is 0 Å². The normalized spacial score (nSPS) is 26.2. The molecule has 1 fully saturated rings. The summed E-state index contributed by atoms with van der Waals surface area (Å²) in [6.07, 6.45) is 5.22. The van der Waals surface area contributed by atoms with E-state index in [1.165, 1.54) is 12.8 Å². The van der Waals surface area contributed by atoms with Gasteiger partial charge in [0, 0.05) is 6.61 Å². The maximum Gasteiger partial charge on any atom is 0.157 e. The molecule has 2 nitrogen and oxygen atoms in total. The molecule has 0 N–H and O–H groups in total. The number of hydrogen-bond acceptors (Lipinski definition) is 2.